The standard InChI is InChI=1S/C80H155NO5/c1-3-5-7-9-11-13-15-17-19-21-22-38-41-44-48-52-56-60-64-68-72-78(83)77(76-82)81-79(84)73-69-65-61-57-53-49-45-42-39-36-34-32-30-28-26-24-23-25-27-29-31-33-35-37-40-43-47-51-55-59-63-67-71-75-86-80(85)74-70-66-62-58-54-50-46-20-18-16-14-12-10-8-6-4-2/h20,46,68,72,77-78,82-83H,3-19,21-45,47-67,69-71,73-76H2,1-2H3,(H,81,84)/b46-20-,72-68+. The van der Waals surface area contributed by atoms with E-state index in [9.17, 15) is 19.8 Å². The highest BCUT2D eigenvalue weighted by Gasteiger charge is 2.18. The summed E-state index contributed by atoms with van der Waals surface area (Å²) in [5.74, 6) is -0.0436. The molecular formula is C80H155NO5. The number of esters is 1. The van der Waals surface area contributed by atoms with Crippen LogP contribution in [0.1, 0.15) is 450 Å². The van der Waals surface area contributed by atoms with Gasteiger partial charge in [0, 0.05) is 12.8 Å². The van der Waals surface area contributed by atoms with E-state index in [1.165, 1.54) is 379 Å². The third-order valence-corrected chi connectivity index (χ3v) is 18.7. The van der Waals surface area contributed by atoms with Gasteiger partial charge in [0.25, 0.3) is 0 Å². The number of aliphatic hydroxyl groups excluding tert-OH is 2. The van der Waals surface area contributed by atoms with Crippen molar-refractivity contribution in [2.24, 2.45) is 0 Å². The fraction of sp³-hybridized carbons (Fsp3) is 0.925. The van der Waals surface area contributed by atoms with Crippen molar-refractivity contribution in [2.45, 2.75) is 463 Å². The number of allylic oxidation sites excluding steroid dienone is 3. The molecule has 0 aliphatic carbocycles. The van der Waals surface area contributed by atoms with Crippen LogP contribution in [0.3, 0.4) is 0 Å². The van der Waals surface area contributed by atoms with Gasteiger partial charge in [0.05, 0.1) is 25.4 Å². The van der Waals surface area contributed by atoms with Gasteiger partial charge in [-0.25, -0.2) is 0 Å². The van der Waals surface area contributed by atoms with Crippen LogP contribution in [0.25, 0.3) is 0 Å². The molecular weight excluding hydrogens is 1050 g/mol. The summed E-state index contributed by atoms with van der Waals surface area (Å²) in [7, 11) is 0. The molecule has 1 amide bonds. The van der Waals surface area contributed by atoms with E-state index >= 15 is 0 Å². The van der Waals surface area contributed by atoms with Gasteiger partial charge in [-0.3, -0.25) is 9.59 Å². The van der Waals surface area contributed by atoms with Crippen LogP contribution >= 0.6 is 0 Å². The maximum absolute atomic E-state index is 12.5. The summed E-state index contributed by atoms with van der Waals surface area (Å²) in [5.41, 5.74) is 0. The van der Waals surface area contributed by atoms with E-state index in [4.69, 9.17) is 4.74 Å². The van der Waals surface area contributed by atoms with Crippen molar-refractivity contribution in [3.05, 3.63) is 24.3 Å². The normalized spacial score (nSPS) is 12.6. The number of hydrogen-bond donors (Lipinski definition) is 3. The Kier molecular flexibility index (Phi) is 74.3. The third kappa shape index (κ3) is 71.4. The molecule has 2 unspecified atom stereocenters. The zero-order valence-electron chi connectivity index (χ0n) is 58.6. The second kappa shape index (κ2) is 75.8. The molecule has 0 aromatic carbocycles. The molecule has 0 radical (unpaired) electrons. The lowest BCUT2D eigenvalue weighted by molar-refractivity contribution is -0.143. The molecule has 0 saturated heterocycles. The van der Waals surface area contributed by atoms with Crippen LogP contribution in [0.15, 0.2) is 24.3 Å². The number of nitrogens with one attached hydrogen (secondary N) is 1. The van der Waals surface area contributed by atoms with Gasteiger partial charge in [-0.05, 0) is 57.8 Å². The Bertz CT molecular complexity index is 1350. The quantitative estimate of drug-likeness (QED) is 0.0320. The number of hydrogen-bond acceptors (Lipinski definition) is 5. The fourth-order valence-electron chi connectivity index (χ4n) is 12.7. The van der Waals surface area contributed by atoms with Crippen molar-refractivity contribution in [1.82, 2.24) is 5.32 Å². The van der Waals surface area contributed by atoms with Crippen LogP contribution in [0.5, 0.6) is 0 Å². The molecule has 510 valence electrons. The van der Waals surface area contributed by atoms with E-state index in [2.05, 4.69) is 31.3 Å². The van der Waals surface area contributed by atoms with E-state index in [1.807, 2.05) is 6.08 Å². The van der Waals surface area contributed by atoms with Gasteiger partial charge in [0.1, 0.15) is 0 Å². The summed E-state index contributed by atoms with van der Waals surface area (Å²) < 4.78 is 5.50. The molecule has 0 aromatic heterocycles. The first kappa shape index (κ1) is 84.3. The molecule has 0 bridgehead atoms. The lowest BCUT2D eigenvalue weighted by Gasteiger charge is -2.20. The summed E-state index contributed by atoms with van der Waals surface area (Å²) in [5, 5.41) is 23.3. The maximum Gasteiger partial charge on any atom is 0.305 e. The highest BCUT2D eigenvalue weighted by atomic mass is 16.5. The highest BCUT2D eigenvalue weighted by Crippen LogP contribution is 2.20. The molecule has 2 atom stereocenters. The first-order valence-electron chi connectivity index (χ1n) is 39.6. The number of carbonyl (C=O) groups is 2. The predicted octanol–water partition coefficient (Wildman–Crippen LogP) is 26.0. The first-order valence-corrected chi connectivity index (χ1v) is 39.6. The van der Waals surface area contributed by atoms with Gasteiger partial charge in [-0.15, -0.1) is 0 Å². The monoisotopic (exact) mass is 1210 g/mol. The van der Waals surface area contributed by atoms with Crippen molar-refractivity contribution < 1.29 is 24.5 Å². The Hall–Kier alpha value is -1.66. The van der Waals surface area contributed by atoms with Crippen LogP contribution in [0.2, 0.25) is 0 Å². The lowest BCUT2D eigenvalue weighted by Crippen LogP contribution is -2.45. The average Bonchev–Trinajstić information content (AvgIpc) is 3.54. The van der Waals surface area contributed by atoms with E-state index in [1.54, 1.807) is 6.08 Å². The summed E-state index contributed by atoms with van der Waals surface area (Å²) >= 11 is 0. The molecule has 0 fully saturated rings. The molecule has 0 aromatic rings. The third-order valence-electron chi connectivity index (χ3n) is 18.7. The molecule has 6 heteroatoms. The van der Waals surface area contributed by atoms with E-state index in [-0.39, 0.29) is 18.5 Å². The fourth-order valence-corrected chi connectivity index (χ4v) is 12.7. The minimum Gasteiger partial charge on any atom is -0.466 e. The van der Waals surface area contributed by atoms with Crippen molar-refractivity contribution in [1.29, 1.82) is 0 Å². The van der Waals surface area contributed by atoms with Gasteiger partial charge in [-0.1, -0.05) is 404 Å². The molecule has 0 rings (SSSR count). The number of amides is 1. The summed E-state index contributed by atoms with van der Waals surface area (Å²) in [4.78, 5) is 24.6. The van der Waals surface area contributed by atoms with E-state index in [0.717, 1.165) is 44.9 Å². The van der Waals surface area contributed by atoms with Crippen molar-refractivity contribution >= 4 is 11.9 Å². The van der Waals surface area contributed by atoms with Gasteiger partial charge in [0.2, 0.25) is 5.91 Å². The summed E-state index contributed by atoms with van der Waals surface area (Å²) in [6.45, 7) is 4.95. The van der Waals surface area contributed by atoms with Crippen LogP contribution in [0.4, 0.5) is 0 Å². The Labute approximate surface area is 539 Å². The van der Waals surface area contributed by atoms with Crippen LogP contribution in [-0.2, 0) is 14.3 Å². The molecule has 0 aliphatic heterocycles. The largest absolute Gasteiger partial charge is 0.466 e. The van der Waals surface area contributed by atoms with Gasteiger partial charge in [-0.2, -0.15) is 0 Å². The van der Waals surface area contributed by atoms with Crippen LogP contribution in [-0.4, -0.2) is 47.4 Å². The number of ether oxygens (including phenoxy) is 1. The van der Waals surface area contributed by atoms with Crippen LogP contribution in [0, 0.1) is 0 Å². The maximum atomic E-state index is 12.5. The number of carbonyl (C=O) groups excluding carboxylic acids is 2. The van der Waals surface area contributed by atoms with Crippen LogP contribution < -0.4 is 5.32 Å². The smallest absolute Gasteiger partial charge is 0.305 e. The Morgan fingerprint density at radius 1 is 0.314 bits per heavy atom. The first-order chi connectivity index (χ1) is 42.5. The van der Waals surface area contributed by atoms with Gasteiger partial charge < -0.3 is 20.3 Å². The van der Waals surface area contributed by atoms with Gasteiger partial charge >= 0.3 is 5.97 Å². The zero-order chi connectivity index (χ0) is 62.0. The molecule has 0 saturated carbocycles. The minimum absolute atomic E-state index is 0.0150. The zero-order valence-corrected chi connectivity index (χ0v) is 58.6. The Balaban J connectivity index is 3.34. The SMILES string of the molecule is CCCCCCCCC/C=C\CCCCCCCC(=O)OCCCCCCCCCCCCCCCCCCCCCCCCCCCCCCCCCCCC(=O)NC(CO)C(O)/C=C/CCCCCCCCCCCCCCCCCCCC. The molecule has 86 heavy (non-hydrogen) atoms. The topological polar surface area (TPSA) is 95.9 Å². The van der Waals surface area contributed by atoms with Gasteiger partial charge in [0.15, 0.2) is 0 Å². The molecule has 0 aliphatic rings. The molecule has 0 spiro atoms. The summed E-state index contributed by atoms with van der Waals surface area (Å²) in [6.07, 6.45) is 97.3. The molecule has 6 nitrogen and oxygen atoms in total. The van der Waals surface area contributed by atoms with E-state index < -0.39 is 12.1 Å². The second-order valence-corrected chi connectivity index (χ2v) is 27.4. The minimum atomic E-state index is -0.842. The Morgan fingerprint density at radius 2 is 0.547 bits per heavy atom. The van der Waals surface area contributed by atoms with E-state index in [0.29, 0.717) is 19.4 Å². The summed E-state index contributed by atoms with van der Waals surface area (Å²) in [6, 6.07) is -0.625. The average molecular weight is 1210 g/mol. The Morgan fingerprint density at radius 3 is 0.826 bits per heavy atom. The van der Waals surface area contributed by atoms with Crippen molar-refractivity contribution in [3.8, 4) is 0 Å². The number of aliphatic hydroxyl groups is 2. The van der Waals surface area contributed by atoms with Crippen molar-refractivity contribution in [2.75, 3.05) is 13.2 Å². The lowest BCUT2D eigenvalue weighted by atomic mass is 10.0. The molecule has 0 heterocycles. The second-order valence-electron chi connectivity index (χ2n) is 27.4. The molecule has 3 N–H and O–H groups in total. The number of unbranched alkanes of at least 4 members (excludes halogenated alkanes) is 62. The van der Waals surface area contributed by atoms with Crippen molar-refractivity contribution in [3.63, 3.8) is 0 Å². The predicted molar refractivity (Wildman–Crippen MR) is 380 cm³/mol. The highest BCUT2D eigenvalue weighted by molar-refractivity contribution is 5.76. The number of rotatable bonds is 75.